The van der Waals surface area contributed by atoms with Crippen LogP contribution in [0.15, 0.2) is 96.7 Å². The third-order valence-electron chi connectivity index (χ3n) is 11.5. The molecular formula is C44H47F2N11O19P2. The van der Waals surface area contributed by atoms with Gasteiger partial charge in [0.15, 0.2) is 36.1 Å². The van der Waals surface area contributed by atoms with Crippen LogP contribution in [0.5, 0.6) is 0 Å². The molecule has 10 atom stereocenters. The van der Waals surface area contributed by atoms with Crippen molar-refractivity contribution in [1.82, 2.24) is 39.4 Å². The monoisotopic (exact) mass is 1130 g/mol. The summed E-state index contributed by atoms with van der Waals surface area (Å²) in [6.07, 6.45) is -10.6. The summed E-state index contributed by atoms with van der Waals surface area (Å²) in [6.45, 7) is -3.59. The molecule has 1 unspecified atom stereocenters. The minimum absolute atomic E-state index is 0.00175. The van der Waals surface area contributed by atoms with Crippen molar-refractivity contribution < 1.29 is 94.4 Å². The summed E-state index contributed by atoms with van der Waals surface area (Å²) in [7, 11) is -10.8. The van der Waals surface area contributed by atoms with Crippen molar-refractivity contribution in [2.45, 2.75) is 74.8 Å². The van der Waals surface area contributed by atoms with E-state index in [1.54, 1.807) is 0 Å². The van der Waals surface area contributed by atoms with Crippen LogP contribution >= 0.6 is 15.6 Å². The smallest absolute Gasteiger partial charge is 0.455 e. The molecule has 6 aromatic rings. The van der Waals surface area contributed by atoms with E-state index in [1.807, 2.05) is 0 Å². The van der Waals surface area contributed by atoms with E-state index in [4.69, 9.17) is 44.2 Å². The Kier molecular flexibility index (Phi) is 17.9. The van der Waals surface area contributed by atoms with Crippen LogP contribution < -0.4 is 27.8 Å². The van der Waals surface area contributed by atoms with Gasteiger partial charge in [0.25, 0.3) is 0 Å². The molecule has 2 aliphatic rings. The third-order valence-corrected chi connectivity index (χ3v) is 13.0. The highest BCUT2D eigenvalue weighted by molar-refractivity contribution is 7.47. The number of alkyl carbamates (subject to hydrolysis) is 1. The Bertz CT molecular complexity index is 3270. The maximum absolute atomic E-state index is 14.2. The zero-order valence-corrected chi connectivity index (χ0v) is 41.8. The molecule has 0 saturated carbocycles. The molecule has 0 bridgehead atoms. The Morgan fingerprint density at radius 2 is 1.49 bits per heavy atom. The number of phosphoric acid groups is 2. The number of aliphatic hydroxyl groups is 2. The van der Waals surface area contributed by atoms with Crippen LogP contribution in [0.4, 0.5) is 30.9 Å². The Balaban J connectivity index is 0.982. The topological polar surface area (TPSA) is 428 Å². The second-order valence-electron chi connectivity index (χ2n) is 17.1. The van der Waals surface area contributed by atoms with E-state index >= 15 is 0 Å². The van der Waals surface area contributed by atoms with E-state index in [0.29, 0.717) is 21.4 Å². The van der Waals surface area contributed by atoms with Crippen molar-refractivity contribution >= 4 is 62.1 Å². The SMILES string of the molecule is Nc1ccn([C@@H]2O[C@H](COP(=O)(O)O)[C@@H](OP(=O)(O)OC[C@H]3O[C@@H](n4cnc5c(N)ncnc54)[C@H](O)[C@@H]3OC(=O)[C@H](COCc3cncc(F)c3)NC(=O)OCc3ccc(NC(=O)Cc4ccc(F)cc4)cc3)[C@H]2O)c(=O)n1. The minimum atomic E-state index is -5.55. The summed E-state index contributed by atoms with van der Waals surface area (Å²) < 4.78 is 97.9. The van der Waals surface area contributed by atoms with Crippen LogP contribution in [0, 0.1) is 11.6 Å². The standard InChI is InChI=1S/C44H47F2N11O19P2/c45-25-5-1-22(2-6-25)12-32(58)53-27-7-3-23(4-8-27)16-70-44(63)54-28(17-69-15-24-11-26(46)14-49-13-24)42(61)75-36-29(73-41(34(36)59)57-21-52-33-38(48)50-20-51-39(33)57)19-72-78(67,68)76-37-30(18-71-77(64,65)66)74-40(35(37)60)56-10-9-31(47)55-43(56)62/h1-11,13-14,20-21,28-30,34-37,40-41,59-60H,12,15-19H2,(H,53,58)(H,54,63)(H,67,68)(H2,47,55,62)(H2,48,50,51)(H2,64,65,66)/t28-,29+,30+,34+,35+,36+,37+,40+,41+/m0/s1. The van der Waals surface area contributed by atoms with Gasteiger partial charge in [0.1, 0.15) is 66.4 Å². The predicted octanol–water partition coefficient (Wildman–Crippen LogP) is 0.654. The van der Waals surface area contributed by atoms with Gasteiger partial charge < -0.3 is 70.7 Å². The molecule has 2 aliphatic heterocycles. The van der Waals surface area contributed by atoms with Gasteiger partial charge in [-0.3, -0.25) is 32.5 Å². The molecule has 6 heterocycles. The number of aromatic nitrogens is 7. The second-order valence-corrected chi connectivity index (χ2v) is 19.8. The number of phosphoric ester groups is 2. The maximum Gasteiger partial charge on any atom is 0.472 e. The molecule has 2 amide bonds. The van der Waals surface area contributed by atoms with Gasteiger partial charge in [-0.1, -0.05) is 24.3 Å². The van der Waals surface area contributed by atoms with Crippen LogP contribution in [0.25, 0.3) is 11.2 Å². The van der Waals surface area contributed by atoms with Crippen LogP contribution in [0.3, 0.4) is 0 Å². The Hall–Kier alpha value is -7.29. The number of nitrogen functional groups attached to an aromatic ring is 2. The first-order chi connectivity index (χ1) is 37.1. The van der Waals surface area contributed by atoms with Crippen molar-refractivity contribution in [2.24, 2.45) is 0 Å². The first-order valence-electron chi connectivity index (χ1n) is 22.8. The molecule has 2 saturated heterocycles. The van der Waals surface area contributed by atoms with Crippen molar-refractivity contribution in [3.63, 3.8) is 0 Å². The number of pyridine rings is 1. The summed E-state index contributed by atoms with van der Waals surface area (Å²) in [4.78, 5) is 102. The number of carbonyl (C=O) groups excluding carboxylic acids is 3. The highest BCUT2D eigenvalue weighted by Crippen LogP contribution is 2.50. The zero-order chi connectivity index (χ0) is 55.9. The number of hydrogen-bond donors (Lipinski definition) is 9. The summed E-state index contributed by atoms with van der Waals surface area (Å²) in [5, 5.41) is 28.1. The zero-order valence-electron chi connectivity index (χ0n) is 40.0. The van der Waals surface area contributed by atoms with E-state index in [2.05, 4.69) is 40.1 Å². The maximum atomic E-state index is 14.2. The number of imidazole rings is 1. The summed E-state index contributed by atoms with van der Waals surface area (Å²) >= 11 is 0. The number of fused-ring (bicyclic) bond motifs is 1. The number of amides is 2. The number of nitrogens with one attached hydrogen (secondary N) is 2. The molecular weight excluding hydrogens is 1090 g/mol. The third kappa shape index (κ3) is 14.6. The molecule has 11 N–H and O–H groups in total. The number of aliphatic hydroxyl groups excluding tert-OH is 2. The Morgan fingerprint density at radius 1 is 0.808 bits per heavy atom. The quantitative estimate of drug-likeness (QED) is 0.0333. The van der Waals surface area contributed by atoms with Crippen LogP contribution in [-0.4, -0.2) is 139 Å². The lowest BCUT2D eigenvalue weighted by atomic mass is 10.1. The first-order valence-corrected chi connectivity index (χ1v) is 25.9. The van der Waals surface area contributed by atoms with Gasteiger partial charge >= 0.3 is 33.4 Å². The predicted molar refractivity (Wildman–Crippen MR) is 257 cm³/mol. The molecule has 78 heavy (non-hydrogen) atoms. The molecule has 2 aromatic carbocycles. The van der Waals surface area contributed by atoms with Gasteiger partial charge in [-0.15, -0.1) is 0 Å². The van der Waals surface area contributed by atoms with Crippen molar-refractivity contribution in [1.29, 1.82) is 0 Å². The Morgan fingerprint density at radius 3 is 2.19 bits per heavy atom. The number of halogens is 2. The van der Waals surface area contributed by atoms with E-state index < -0.39 is 120 Å². The largest absolute Gasteiger partial charge is 0.472 e. The number of esters is 1. The van der Waals surface area contributed by atoms with Crippen LogP contribution in [0.2, 0.25) is 0 Å². The fraction of sp³-hybridized carbons (Fsp3) is 0.341. The number of nitrogens with two attached hydrogens (primary N) is 2. The van der Waals surface area contributed by atoms with Gasteiger partial charge in [-0.05, 0) is 53.1 Å². The van der Waals surface area contributed by atoms with Crippen LogP contribution in [0.1, 0.15) is 29.1 Å². The van der Waals surface area contributed by atoms with E-state index in [-0.39, 0.29) is 53.9 Å². The lowest BCUT2D eigenvalue weighted by Gasteiger charge is -2.26. The molecule has 0 aliphatic carbocycles. The molecule has 34 heteroatoms. The fourth-order valence-electron chi connectivity index (χ4n) is 7.87. The number of anilines is 3. The second kappa shape index (κ2) is 24.6. The molecule has 4 aromatic heterocycles. The van der Waals surface area contributed by atoms with Gasteiger partial charge in [0.05, 0.1) is 45.4 Å². The average Bonchev–Trinajstić information content (AvgIpc) is 4.14. The van der Waals surface area contributed by atoms with Crippen molar-refractivity contribution in [3.8, 4) is 0 Å². The summed E-state index contributed by atoms with van der Waals surface area (Å²) in [5.74, 6) is -3.17. The van der Waals surface area contributed by atoms with E-state index in [0.717, 1.165) is 41.7 Å². The Labute approximate surface area is 437 Å². The molecule has 416 valence electrons. The molecule has 0 spiro atoms. The normalized spacial score (nSPS) is 22.4. The van der Waals surface area contributed by atoms with Crippen molar-refractivity contribution in [2.75, 3.05) is 36.6 Å². The number of carbonyl (C=O) groups is 3. The van der Waals surface area contributed by atoms with Gasteiger partial charge in [-0.25, -0.2) is 47.2 Å². The highest BCUT2D eigenvalue weighted by Gasteiger charge is 2.52. The first kappa shape index (κ1) is 56.9. The summed E-state index contributed by atoms with van der Waals surface area (Å²) in [6, 6.07) is 12.0. The number of hydrogen-bond acceptors (Lipinski definition) is 23. The van der Waals surface area contributed by atoms with Crippen molar-refractivity contribution in [3.05, 3.63) is 131 Å². The minimum Gasteiger partial charge on any atom is -0.455 e. The summed E-state index contributed by atoms with van der Waals surface area (Å²) in [5.41, 5.74) is 12.1. The number of ether oxygens (including phenoxy) is 5. The molecule has 8 rings (SSSR count). The molecule has 30 nitrogen and oxygen atoms in total. The van der Waals surface area contributed by atoms with Gasteiger partial charge in [0.2, 0.25) is 5.91 Å². The number of rotatable bonds is 22. The van der Waals surface area contributed by atoms with Gasteiger partial charge in [0, 0.05) is 18.1 Å². The number of benzene rings is 2. The van der Waals surface area contributed by atoms with Crippen LogP contribution in [-0.2, 0) is 75.6 Å². The average molecular weight is 1130 g/mol. The molecule has 2 fully saturated rings. The lowest BCUT2D eigenvalue weighted by Crippen LogP contribution is -2.48. The number of nitrogens with zero attached hydrogens (tertiary/aromatic N) is 7. The van der Waals surface area contributed by atoms with Gasteiger partial charge in [-0.2, -0.15) is 4.98 Å². The molecule has 0 radical (unpaired) electrons. The highest BCUT2D eigenvalue weighted by atomic mass is 31.2. The fourth-order valence-corrected chi connectivity index (χ4v) is 9.17. The lowest BCUT2D eigenvalue weighted by molar-refractivity contribution is -0.160. The van der Waals surface area contributed by atoms with E-state index in [9.17, 15) is 62.0 Å². The van der Waals surface area contributed by atoms with E-state index in [1.165, 1.54) is 54.7 Å².